The number of Topliss-reactive ketones (excluding diaryl/α,β-unsaturated/α-hetero) is 1. The fourth-order valence-corrected chi connectivity index (χ4v) is 8.60. The van der Waals surface area contributed by atoms with Crippen LogP contribution in [0.15, 0.2) is 41.7 Å². The number of carbonyl (C=O) groups is 7. The number of hydrogen-bond acceptors (Lipinski definition) is 12. The molecule has 6 amide bonds. The third-order valence-corrected chi connectivity index (χ3v) is 12.7. The van der Waals surface area contributed by atoms with Crippen LogP contribution in [0.4, 0.5) is 13.2 Å². The number of ketones is 1. The van der Waals surface area contributed by atoms with Crippen LogP contribution < -0.4 is 27.0 Å². The molecule has 22 heteroatoms. The maximum Gasteiger partial charge on any atom is 0.416 e. The summed E-state index contributed by atoms with van der Waals surface area (Å²) in [5.41, 5.74) is 4.08. The van der Waals surface area contributed by atoms with Gasteiger partial charge in [0.1, 0.15) is 35.3 Å². The van der Waals surface area contributed by atoms with Gasteiger partial charge < -0.3 is 21.7 Å². The van der Waals surface area contributed by atoms with Crippen molar-refractivity contribution in [3.05, 3.63) is 53.1 Å². The van der Waals surface area contributed by atoms with Crippen molar-refractivity contribution in [2.75, 3.05) is 6.54 Å². The van der Waals surface area contributed by atoms with E-state index in [-0.39, 0.29) is 47.2 Å². The lowest BCUT2D eigenvalue weighted by Gasteiger charge is -2.33. The number of sulfonamides is 1. The smallest absolute Gasteiger partial charge is 0.342 e. The number of hydrogen-bond donors (Lipinski definition) is 5. The van der Waals surface area contributed by atoms with Crippen molar-refractivity contribution >= 4 is 62.9 Å². The van der Waals surface area contributed by atoms with Crippen molar-refractivity contribution in [2.24, 2.45) is 23.5 Å². The molecule has 0 spiro atoms. The van der Waals surface area contributed by atoms with Crippen LogP contribution >= 0.6 is 11.6 Å². The van der Waals surface area contributed by atoms with E-state index in [1.54, 1.807) is 33.0 Å². The van der Waals surface area contributed by atoms with Crippen molar-refractivity contribution in [3.8, 4) is 0 Å². The van der Waals surface area contributed by atoms with E-state index in [0.717, 1.165) is 19.3 Å². The lowest BCUT2D eigenvalue weighted by atomic mass is 9.84. The van der Waals surface area contributed by atoms with Gasteiger partial charge in [0.25, 0.3) is 27.7 Å². The summed E-state index contributed by atoms with van der Waals surface area (Å²) in [6.07, 6.45) is 2.38. The number of amides is 6. The van der Waals surface area contributed by atoms with Gasteiger partial charge >= 0.3 is 6.18 Å². The molecule has 3 rings (SSSR count). The highest BCUT2D eigenvalue weighted by molar-refractivity contribution is 7.89. The van der Waals surface area contributed by atoms with Gasteiger partial charge in [0.2, 0.25) is 23.5 Å². The number of halogens is 4. The Kier molecular flexibility index (Phi) is 19.0. The number of nitrogens with zero attached hydrogens (tertiary/aromatic N) is 3. The van der Waals surface area contributed by atoms with E-state index in [0.29, 0.717) is 31.4 Å². The van der Waals surface area contributed by atoms with Gasteiger partial charge in [-0.2, -0.15) is 13.2 Å². The number of aromatic nitrogens is 2. The highest BCUT2D eigenvalue weighted by Crippen LogP contribution is 2.35. The first-order valence-corrected chi connectivity index (χ1v) is 22.1. The first kappa shape index (κ1) is 51.3. The Morgan fingerprint density at radius 3 is 2.15 bits per heavy atom. The van der Waals surface area contributed by atoms with Crippen LogP contribution in [-0.2, 0) is 45.0 Å². The molecule has 1 aromatic heterocycles. The van der Waals surface area contributed by atoms with Crippen molar-refractivity contribution in [2.45, 2.75) is 128 Å². The number of benzene rings is 1. The summed E-state index contributed by atoms with van der Waals surface area (Å²) in [6.45, 7) is 6.88. The van der Waals surface area contributed by atoms with Crippen LogP contribution in [-0.4, -0.2) is 94.6 Å². The molecular formula is C40H54ClF3N8O9S. The molecule has 1 heterocycles. The Hall–Kier alpha value is -5.02. The minimum absolute atomic E-state index is 0.00990. The molecule has 0 saturated heterocycles. The standard InChI is InChI=1S/C40H54ClF3N8O9S/c1-6-23(5)33(51-35(55)28(17-22(3)4)48-36(56)30-20-46-15-16-47-30)37(57)49-29(18-24-11-9-8-10-12-24)39(59)52(21-32(53)50-38(58)34(54)27(45)7-2)62(60,61)31-19-25(40(42,43)44)13-14-26(31)41/h13-16,19-20,22-24,27-29,33H,6-12,17-18,21,45H2,1-5H3,(H,48,56)(H,49,57)(H,51,55)(H,50,53,58)/t23-,27?,28-,29-,33-/m0/s1. The van der Waals surface area contributed by atoms with Gasteiger partial charge in [-0.1, -0.05) is 84.7 Å². The van der Waals surface area contributed by atoms with E-state index in [2.05, 4.69) is 25.9 Å². The number of nitrogens with two attached hydrogens (primary N) is 1. The van der Waals surface area contributed by atoms with E-state index < -0.39 is 110 Å². The zero-order chi connectivity index (χ0) is 46.5. The Labute approximate surface area is 363 Å². The highest BCUT2D eigenvalue weighted by atomic mass is 35.5. The summed E-state index contributed by atoms with van der Waals surface area (Å²) in [4.78, 5) is 101. The summed E-state index contributed by atoms with van der Waals surface area (Å²) in [7, 11) is -5.53. The normalized spacial score (nSPS) is 15.9. The molecule has 1 saturated carbocycles. The van der Waals surface area contributed by atoms with Crippen LogP contribution in [0.2, 0.25) is 5.02 Å². The van der Waals surface area contributed by atoms with Gasteiger partial charge in [0, 0.05) is 12.4 Å². The number of alkyl halides is 3. The Morgan fingerprint density at radius 2 is 1.58 bits per heavy atom. The molecule has 62 heavy (non-hydrogen) atoms. The van der Waals surface area contributed by atoms with E-state index in [4.69, 9.17) is 17.3 Å². The average molecular weight is 915 g/mol. The first-order valence-electron chi connectivity index (χ1n) is 20.3. The Bertz CT molecular complexity index is 2050. The lowest BCUT2D eigenvalue weighted by Crippen LogP contribution is -2.60. The SMILES string of the molecule is CCC(N)C(=O)C(=O)NC(=O)CN(C(=O)[C@H](CC1CCCCC1)NC(=O)[C@@H](NC(=O)[C@H](CC(C)C)NC(=O)c1cnccn1)[C@@H](C)CC)S(=O)(=O)c1cc(C(F)(F)F)ccc1Cl. The molecule has 6 N–H and O–H groups in total. The van der Waals surface area contributed by atoms with Crippen LogP contribution in [0.1, 0.15) is 108 Å². The maximum atomic E-state index is 14.7. The molecule has 1 aromatic carbocycles. The zero-order valence-electron chi connectivity index (χ0n) is 35.1. The van der Waals surface area contributed by atoms with Gasteiger partial charge in [-0.15, -0.1) is 0 Å². The van der Waals surface area contributed by atoms with Crippen LogP contribution in [0.5, 0.6) is 0 Å². The number of imide groups is 1. The molecule has 1 unspecified atom stereocenters. The van der Waals surface area contributed by atoms with Crippen molar-refractivity contribution < 1.29 is 55.2 Å². The second-order valence-corrected chi connectivity index (χ2v) is 17.9. The Balaban J connectivity index is 2.10. The third-order valence-electron chi connectivity index (χ3n) is 10.4. The summed E-state index contributed by atoms with van der Waals surface area (Å²) >= 11 is 6.14. The van der Waals surface area contributed by atoms with E-state index >= 15 is 0 Å². The predicted octanol–water partition coefficient (Wildman–Crippen LogP) is 3.45. The number of carbonyl (C=O) groups excluding carboxylic acids is 7. The second kappa shape index (κ2) is 22.9. The minimum atomic E-state index is -5.53. The molecule has 0 bridgehead atoms. The van der Waals surface area contributed by atoms with E-state index in [9.17, 15) is 55.2 Å². The van der Waals surface area contributed by atoms with Gasteiger partial charge in [-0.3, -0.25) is 43.9 Å². The molecule has 5 atom stereocenters. The van der Waals surface area contributed by atoms with Crippen molar-refractivity contribution in [3.63, 3.8) is 0 Å². The summed E-state index contributed by atoms with van der Waals surface area (Å²) in [5, 5.41) is 8.72. The van der Waals surface area contributed by atoms with Gasteiger partial charge in [0.15, 0.2) is 0 Å². The topological polar surface area (TPSA) is 257 Å². The number of rotatable bonds is 20. The fraction of sp³-hybridized carbons (Fsp3) is 0.575. The minimum Gasteiger partial charge on any atom is -0.342 e. The molecular weight excluding hydrogens is 861 g/mol. The molecule has 2 aromatic rings. The summed E-state index contributed by atoms with van der Waals surface area (Å²) < 4.78 is 70.1. The van der Waals surface area contributed by atoms with Gasteiger partial charge in [-0.05, 0) is 55.2 Å². The van der Waals surface area contributed by atoms with Gasteiger partial charge in [-0.25, -0.2) is 17.7 Å². The van der Waals surface area contributed by atoms with Crippen LogP contribution in [0.3, 0.4) is 0 Å². The average Bonchev–Trinajstić information content (AvgIpc) is 3.22. The van der Waals surface area contributed by atoms with E-state index in [1.807, 2.05) is 0 Å². The van der Waals surface area contributed by atoms with Crippen LogP contribution in [0.25, 0.3) is 0 Å². The largest absolute Gasteiger partial charge is 0.416 e. The Morgan fingerprint density at radius 1 is 0.919 bits per heavy atom. The molecule has 342 valence electrons. The summed E-state index contributed by atoms with van der Waals surface area (Å²) in [6, 6.07) is -4.38. The predicted molar refractivity (Wildman–Crippen MR) is 219 cm³/mol. The zero-order valence-corrected chi connectivity index (χ0v) is 36.7. The molecule has 0 radical (unpaired) electrons. The maximum absolute atomic E-state index is 14.7. The van der Waals surface area contributed by atoms with Crippen LogP contribution in [0, 0.1) is 17.8 Å². The molecule has 0 aliphatic heterocycles. The molecule has 1 aliphatic carbocycles. The molecule has 1 fully saturated rings. The quantitative estimate of drug-likeness (QED) is 0.120. The van der Waals surface area contributed by atoms with E-state index in [1.165, 1.54) is 25.5 Å². The lowest BCUT2D eigenvalue weighted by molar-refractivity contribution is -0.142. The second-order valence-electron chi connectivity index (χ2n) is 15.7. The number of nitrogens with one attached hydrogen (secondary N) is 4. The van der Waals surface area contributed by atoms with Crippen molar-refractivity contribution in [1.29, 1.82) is 0 Å². The van der Waals surface area contributed by atoms with Gasteiger partial charge in [0.05, 0.1) is 22.8 Å². The summed E-state index contributed by atoms with van der Waals surface area (Å²) in [5.74, 6) is -9.29. The highest BCUT2D eigenvalue weighted by Gasteiger charge is 2.42. The third kappa shape index (κ3) is 14.3. The van der Waals surface area contributed by atoms with Crippen molar-refractivity contribution in [1.82, 2.24) is 35.5 Å². The molecule has 17 nitrogen and oxygen atoms in total. The molecule has 1 aliphatic rings. The first-order chi connectivity index (χ1) is 29.0. The monoisotopic (exact) mass is 914 g/mol. The fourth-order valence-electron chi connectivity index (χ4n) is 6.71.